The van der Waals surface area contributed by atoms with Crippen LogP contribution in [0.1, 0.15) is 21.5 Å². The third-order valence-corrected chi connectivity index (χ3v) is 3.81. The molecule has 0 saturated heterocycles. The molecule has 0 bridgehead atoms. The van der Waals surface area contributed by atoms with Gasteiger partial charge in [0.2, 0.25) is 0 Å². The van der Waals surface area contributed by atoms with Gasteiger partial charge in [0.05, 0.1) is 10.5 Å². The lowest BCUT2D eigenvalue weighted by Crippen LogP contribution is -2.24. The molecule has 2 aromatic rings. The molecule has 0 aliphatic carbocycles. The summed E-state index contributed by atoms with van der Waals surface area (Å²) in [6, 6.07) is 6.23. The predicted molar refractivity (Wildman–Crippen MR) is 85.7 cm³/mol. The van der Waals surface area contributed by atoms with Crippen LogP contribution in [0.25, 0.3) is 0 Å². The van der Waals surface area contributed by atoms with Crippen molar-refractivity contribution in [2.45, 2.75) is 12.7 Å². The Hall–Kier alpha value is -2.32. The van der Waals surface area contributed by atoms with Crippen LogP contribution in [0.5, 0.6) is 0 Å². The van der Waals surface area contributed by atoms with Crippen LogP contribution in [0.4, 0.5) is 18.9 Å². The van der Waals surface area contributed by atoms with Crippen molar-refractivity contribution in [2.24, 2.45) is 0 Å². The Morgan fingerprint density at radius 2 is 1.84 bits per heavy atom. The third-order valence-electron chi connectivity index (χ3n) is 3.22. The van der Waals surface area contributed by atoms with Crippen LogP contribution >= 0.6 is 23.2 Å². The summed E-state index contributed by atoms with van der Waals surface area (Å²) in [5.41, 5.74) is -2.14. The average Bonchev–Trinajstić information content (AvgIpc) is 2.52. The van der Waals surface area contributed by atoms with Crippen molar-refractivity contribution < 1.29 is 22.9 Å². The van der Waals surface area contributed by atoms with Gasteiger partial charge in [-0.05, 0) is 29.8 Å². The van der Waals surface area contributed by atoms with Crippen molar-refractivity contribution in [3.05, 3.63) is 73.2 Å². The van der Waals surface area contributed by atoms with Gasteiger partial charge in [-0.1, -0.05) is 29.3 Å². The minimum Gasteiger partial charge on any atom is -0.348 e. The molecular weight excluding hydrogens is 384 g/mol. The standard InChI is InChI=1S/C15H9Cl2F3N2O3/c16-10-3-1-8(12(17)6-10)7-21-14(23)11-4-2-9(15(18,19)20)5-13(11)22(24)25/h1-6H,7H2,(H,21,23). The summed E-state index contributed by atoms with van der Waals surface area (Å²) in [5.74, 6) is -0.897. The molecule has 10 heteroatoms. The highest BCUT2D eigenvalue weighted by atomic mass is 35.5. The van der Waals surface area contributed by atoms with Crippen LogP contribution < -0.4 is 5.32 Å². The molecular formula is C15H9Cl2F3N2O3. The van der Waals surface area contributed by atoms with Crippen LogP contribution in [0.2, 0.25) is 10.0 Å². The smallest absolute Gasteiger partial charge is 0.348 e. The molecule has 1 amide bonds. The predicted octanol–water partition coefficient (Wildman–Crippen LogP) is 4.85. The van der Waals surface area contributed by atoms with Gasteiger partial charge in [0.1, 0.15) is 5.56 Å². The van der Waals surface area contributed by atoms with Crippen LogP contribution in [-0.4, -0.2) is 10.8 Å². The molecule has 0 atom stereocenters. The Bertz CT molecular complexity index is 841. The van der Waals surface area contributed by atoms with E-state index in [4.69, 9.17) is 23.2 Å². The SMILES string of the molecule is O=C(NCc1ccc(Cl)cc1Cl)c1ccc(C(F)(F)F)cc1[N+](=O)[O-]. The molecule has 0 spiro atoms. The number of nitro benzene ring substituents is 1. The zero-order valence-corrected chi connectivity index (χ0v) is 13.7. The summed E-state index contributed by atoms with van der Waals surface area (Å²) in [5, 5.41) is 14.0. The highest BCUT2D eigenvalue weighted by Crippen LogP contribution is 2.33. The molecule has 0 fully saturated rings. The monoisotopic (exact) mass is 392 g/mol. The first-order valence-corrected chi connectivity index (χ1v) is 7.43. The number of carbonyl (C=O) groups excluding carboxylic acids is 1. The average molecular weight is 393 g/mol. The summed E-state index contributed by atoms with van der Waals surface area (Å²) in [4.78, 5) is 22.1. The minimum absolute atomic E-state index is 0.0764. The Labute approximate surface area is 149 Å². The number of halogens is 5. The van der Waals surface area contributed by atoms with Gasteiger partial charge in [-0.3, -0.25) is 14.9 Å². The quantitative estimate of drug-likeness (QED) is 0.596. The van der Waals surface area contributed by atoms with E-state index >= 15 is 0 Å². The summed E-state index contributed by atoms with van der Waals surface area (Å²) in [6.07, 6.45) is -4.75. The van der Waals surface area contributed by atoms with Crippen molar-refractivity contribution in [1.29, 1.82) is 0 Å². The van der Waals surface area contributed by atoms with Gasteiger partial charge in [-0.25, -0.2) is 0 Å². The maximum absolute atomic E-state index is 12.7. The highest BCUT2D eigenvalue weighted by molar-refractivity contribution is 6.35. The first-order valence-electron chi connectivity index (χ1n) is 6.67. The fraction of sp³-hybridized carbons (Fsp3) is 0.133. The molecule has 0 aromatic heterocycles. The van der Waals surface area contributed by atoms with Gasteiger partial charge >= 0.3 is 6.18 Å². The Morgan fingerprint density at radius 3 is 2.40 bits per heavy atom. The lowest BCUT2D eigenvalue weighted by atomic mass is 10.1. The summed E-state index contributed by atoms with van der Waals surface area (Å²) in [7, 11) is 0. The molecule has 2 aromatic carbocycles. The van der Waals surface area contributed by atoms with Gasteiger partial charge in [-0.15, -0.1) is 0 Å². The zero-order chi connectivity index (χ0) is 18.8. The highest BCUT2D eigenvalue weighted by Gasteiger charge is 2.34. The third kappa shape index (κ3) is 4.61. The molecule has 0 aliphatic heterocycles. The first kappa shape index (κ1) is 19.0. The molecule has 0 unspecified atom stereocenters. The van der Waals surface area contributed by atoms with Crippen LogP contribution in [0, 0.1) is 10.1 Å². The van der Waals surface area contributed by atoms with Crippen molar-refractivity contribution in [2.75, 3.05) is 0 Å². The second kappa shape index (κ2) is 7.28. The maximum atomic E-state index is 12.7. The summed E-state index contributed by atoms with van der Waals surface area (Å²) < 4.78 is 38.0. The van der Waals surface area contributed by atoms with Crippen molar-refractivity contribution in [3.8, 4) is 0 Å². The number of nitrogens with zero attached hydrogens (tertiary/aromatic N) is 1. The summed E-state index contributed by atoms with van der Waals surface area (Å²) in [6.45, 7) is -0.0764. The van der Waals surface area contributed by atoms with E-state index < -0.39 is 33.8 Å². The van der Waals surface area contributed by atoms with Gasteiger partial charge in [-0.2, -0.15) is 13.2 Å². The number of rotatable bonds is 4. The number of nitrogens with one attached hydrogen (secondary N) is 1. The van der Waals surface area contributed by atoms with Crippen molar-refractivity contribution >= 4 is 34.8 Å². The lowest BCUT2D eigenvalue weighted by molar-refractivity contribution is -0.385. The number of alkyl halides is 3. The second-order valence-corrected chi connectivity index (χ2v) is 5.75. The van der Waals surface area contributed by atoms with Gasteiger partial charge in [0.15, 0.2) is 0 Å². The van der Waals surface area contributed by atoms with Crippen molar-refractivity contribution in [1.82, 2.24) is 5.32 Å². The number of amides is 1. The van der Waals surface area contributed by atoms with Gasteiger partial charge < -0.3 is 5.32 Å². The number of benzene rings is 2. The maximum Gasteiger partial charge on any atom is 0.416 e. The number of hydrogen-bond acceptors (Lipinski definition) is 3. The molecule has 2 rings (SSSR count). The Morgan fingerprint density at radius 1 is 1.16 bits per heavy atom. The largest absolute Gasteiger partial charge is 0.416 e. The first-order chi connectivity index (χ1) is 11.6. The topological polar surface area (TPSA) is 72.2 Å². The summed E-state index contributed by atoms with van der Waals surface area (Å²) >= 11 is 11.7. The molecule has 0 heterocycles. The normalized spacial score (nSPS) is 11.2. The van der Waals surface area contributed by atoms with Crippen LogP contribution in [0.3, 0.4) is 0 Å². The lowest BCUT2D eigenvalue weighted by Gasteiger charge is -2.10. The van der Waals surface area contributed by atoms with Gasteiger partial charge in [0, 0.05) is 22.7 Å². The minimum atomic E-state index is -4.75. The van der Waals surface area contributed by atoms with E-state index in [1.54, 1.807) is 6.07 Å². The van der Waals surface area contributed by atoms with Crippen LogP contribution in [0.15, 0.2) is 36.4 Å². The number of carbonyl (C=O) groups is 1. The molecule has 0 saturated carbocycles. The van der Waals surface area contributed by atoms with Crippen LogP contribution in [-0.2, 0) is 12.7 Å². The van der Waals surface area contributed by atoms with E-state index in [1.807, 2.05) is 0 Å². The Kier molecular flexibility index (Phi) is 5.54. The van der Waals surface area contributed by atoms with Gasteiger partial charge in [0.25, 0.3) is 11.6 Å². The molecule has 25 heavy (non-hydrogen) atoms. The molecule has 0 radical (unpaired) electrons. The van der Waals surface area contributed by atoms with E-state index in [2.05, 4.69) is 5.32 Å². The number of hydrogen-bond donors (Lipinski definition) is 1. The van der Waals surface area contributed by atoms with Crippen molar-refractivity contribution in [3.63, 3.8) is 0 Å². The van der Waals surface area contributed by atoms with E-state index in [-0.39, 0.29) is 11.6 Å². The van der Waals surface area contributed by atoms with E-state index in [0.717, 1.165) is 6.07 Å². The van der Waals surface area contributed by atoms with E-state index in [1.165, 1.54) is 12.1 Å². The molecule has 5 nitrogen and oxygen atoms in total. The second-order valence-electron chi connectivity index (χ2n) is 4.91. The number of nitro groups is 1. The zero-order valence-electron chi connectivity index (χ0n) is 12.2. The molecule has 1 N–H and O–H groups in total. The Balaban J connectivity index is 2.25. The fourth-order valence-corrected chi connectivity index (χ4v) is 2.46. The van der Waals surface area contributed by atoms with E-state index in [9.17, 15) is 28.1 Å². The molecule has 0 aliphatic rings. The fourth-order valence-electron chi connectivity index (χ4n) is 1.99. The van der Waals surface area contributed by atoms with E-state index in [0.29, 0.717) is 22.7 Å². The molecule has 132 valence electrons.